The molecule has 35 heavy (non-hydrogen) atoms. The Labute approximate surface area is 208 Å². The summed E-state index contributed by atoms with van der Waals surface area (Å²) >= 11 is 1.43. The van der Waals surface area contributed by atoms with Crippen LogP contribution in [0.1, 0.15) is 59.3 Å². The fourth-order valence-corrected chi connectivity index (χ4v) is 5.50. The number of pyridine rings is 1. The van der Waals surface area contributed by atoms with Crippen LogP contribution >= 0.6 is 11.3 Å². The van der Waals surface area contributed by atoms with Crippen molar-refractivity contribution in [3.8, 4) is 27.6 Å². The Hall–Kier alpha value is -3.51. The number of H-pyrrole nitrogens is 1. The Bertz CT molecular complexity index is 1400. The summed E-state index contributed by atoms with van der Waals surface area (Å²) in [6.07, 6.45) is 4.48. The number of carbonyl (C=O) groups is 1. The zero-order valence-corrected chi connectivity index (χ0v) is 20.8. The number of benzene rings is 2. The van der Waals surface area contributed by atoms with Crippen molar-refractivity contribution >= 4 is 17.1 Å². The molecule has 0 bridgehead atoms. The van der Waals surface area contributed by atoms with Crippen LogP contribution in [0.2, 0.25) is 0 Å². The minimum Gasteiger partial charge on any atom is -0.497 e. The van der Waals surface area contributed by atoms with Gasteiger partial charge in [0, 0.05) is 28.6 Å². The number of unbranched alkanes of at least 4 members (excludes halogenated alkanes) is 1. The second-order valence-corrected chi connectivity index (χ2v) is 9.90. The number of methoxy groups -OCH3 is 1. The molecule has 0 radical (unpaired) electrons. The first-order valence-electron chi connectivity index (χ1n) is 12.0. The predicted molar refractivity (Wildman–Crippen MR) is 141 cm³/mol. The van der Waals surface area contributed by atoms with E-state index >= 15 is 0 Å². The van der Waals surface area contributed by atoms with E-state index < -0.39 is 0 Å². The van der Waals surface area contributed by atoms with Crippen molar-refractivity contribution in [3.05, 3.63) is 92.7 Å². The standard InChI is InChI=1S/C29H28N2O3S/c1-3-4-5-18-6-8-20(9-7-18)26-17-35-29(31-26)24-16-23-25(30-28(24)33)14-21(15-27(23)32)19-10-12-22(34-2)13-11-19/h6-13,16-17,21H,3-5,14-15H2,1-2H3,(H,30,33). The highest BCUT2D eigenvalue weighted by atomic mass is 32.1. The number of hydrogen-bond acceptors (Lipinski definition) is 5. The highest BCUT2D eigenvalue weighted by Crippen LogP contribution is 2.34. The molecule has 0 saturated carbocycles. The van der Waals surface area contributed by atoms with Crippen molar-refractivity contribution in [2.24, 2.45) is 0 Å². The van der Waals surface area contributed by atoms with Gasteiger partial charge in [0.1, 0.15) is 10.8 Å². The molecule has 1 atom stereocenters. The number of carbonyl (C=O) groups excluding carboxylic acids is 1. The molecule has 0 saturated heterocycles. The Morgan fingerprint density at radius 2 is 1.80 bits per heavy atom. The molecule has 1 unspecified atom stereocenters. The summed E-state index contributed by atoms with van der Waals surface area (Å²) in [4.78, 5) is 33.8. The summed E-state index contributed by atoms with van der Waals surface area (Å²) in [5.41, 5.74) is 5.81. The summed E-state index contributed by atoms with van der Waals surface area (Å²) in [5.74, 6) is 0.864. The van der Waals surface area contributed by atoms with E-state index in [1.54, 1.807) is 13.2 Å². The van der Waals surface area contributed by atoms with Gasteiger partial charge in [-0.25, -0.2) is 4.98 Å². The maximum atomic E-state index is 13.1. The van der Waals surface area contributed by atoms with Gasteiger partial charge in [0.2, 0.25) is 0 Å². The topological polar surface area (TPSA) is 72.1 Å². The number of hydrogen-bond donors (Lipinski definition) is 1. The lowest BCUT2D eigenvalue weighted by molar-refractivity contribution is 0.0963. The van der Waals surface area contributed by atoms with Crippen LogP contribution in [-0.2, 0) is 12.8 Å². The largest absolute Gasteiger partial charge is 0.497 e. The van der Waals surface area contributed by atoms with Crippen LogP contribution < -0.4 is 10.3 Å². The number of ether oxygens (including phenoxy) is 1. The van der Waals surface area contributed by atoms with Gasteiger partial charge in [-0.05, 0) is 54.5 Å². The van der Waals surface area contributed by atoms with E-state index in [0.717, 1.165) is 29.0 Å². The quantitative estimate of drug-likeness (QED) is 0.328. The van der Waals surface area contributed by atoms with Gasteiger partial charge in [-0.2, -0.15) is 0 Å². The van der Waals surface area contributed by atoms with Crippen molar-refractivity contribution < 1.29 is 9.53 Å². The molecule has 0 spiro atoms. The number of fused-ring (bicyclic) bond motifs is 1. The number of nitrogens with zero attached hydrogens (tertiary/aromatic N) is 1. The van der Waals surface area contributed by atoms with Crippen LogP contribution in [0.4, 0.5) is 0 Å². The number of aromatic amines is 1. The molecule has 5 rings (SSSR count). The Morgan fingerprint density at radius 3 is 2.51 bits per heavy atom. The molecule has 0 fully saturated rings. The number of ketones is 1. The Balaban J connectivity index is 1.39. The normalized spacial score (nSPS) is 15.1. The Kier molecular flexibility index (Phi) is 6.64. The van der Waals surface area contributed by atoms with Crippen LogP contribution in [0.15, 0.2) is 64.8 Å². The molecular weight excluding hydrogens is 456 g/mol. The van der Waals surface area contributed by atoms with E-state index in [1.165, 1.54) is 29.7 Å². The Morgan fingerprint density at radius 1 is 1.03 bits per heavy atom. The first kappa shape index (κ1) is 23.2. The average molecular weight is 485 g/mol. The van der Waals surface area contributed by atoms with Crippen molar-refractivity contribution in [2.45, 2.75) is 44.9 Å². The fourth-order valence-electron chi connectivity index (χ4n) is 4.65. The summed E-state index contributed by atoms with van der Waals surface area (Å²) in [6.45, 7) is 2.19. The third-order valence-electron chi connectivity index (χ3n) is 6.70. The highest BCUT2D eigenvalue weighted by molar-refractivity contribution is 7.13. The number of nitrogens with one attached hydrogen (secondary N) is 1. The molecule has 0 amide bonds. The lowest BCUT2D eigenvalue weighted by Gasteiger charge is -2.24. The van der Waals surface area contributed by atoms with E-state index in [1.807, 2.05) is 29.6 Å². The van der Waals surface area contributed by atoms with Gasteiger partial charge in [-0.15, -0.1) is 11.3 Å². The summed E-state index contributed by atoms with van der Waals surface area (Å²) in [5, 5.41) is 2.60. The van der Waals surface area contributed by atoms with Crippen LogP contribution in [0.25, 0.3) is 21.8 Å². The lowest BCUT2D eigenvalue weighted by Crippen LogP contribution is -2.24. The maximum absolute atomic E-state index is 13.1. The zero-order valence-electron chi connectivity index (χ0n) is 20.0. The van der Waals surface area contributed by atoms with E-state index in [4.69, 9.17) is 9.72 Å². The third-order valence-corrected chi connectivity index (χ3v) is 7.57. The summed E-state index contributed by atoms with van der Waals surface area (Å²) in [6, 6.07) is 18.0. The van der Waals surface area contributed by atoms with Crippen LogP contribution in [0.5, 0.6) is 5.75 Å². The van der Waals surface area contributed by atoms with E-state index in [2.05, 4.69) is 36.2 Å². The van der Waals surface area contributed by atoms with Gasteiger partial charge in [0.05, 0.1) is 18.4 Å². The van der Waals surface area contributed by atoms with E-state index in [0.29, 0.717) is 34.7 Å². The average Bonchev–Trinajstić information content (AvgIpc) is 3.37. The van der Waals surface area contributed by atoms with Crippen molar-refractivity contribution in [1.82, 2.24) is 9.97 Å². The van der Waals surface area contributed by atoms with Gasteiger partial charge in [0.15, 0.2) is 5.78 Å². The minimum atomic E-state index is -0.206. The van der Waals surface area contributed by atoms with Crippen molar-refractivity contribution in [3.63, 3.8) is 0 Å². The monoisotopic (exact) mass is 484 g/mol. The molecule has 2 heterocycles. The van der Waals surface area contributed by atoms with Crippen LogP contribution in [0.3, 0.4) is 0 Å². The molecule has 2 aromatic heterocycles. The van der Waals surface area contributed by atoms with Gasteiger partial charge in [-0.3, -0.25) is 9.59 Å². The van der Waals surface area contributed by atoms with E-state index in [-0.39, 0.29) is 17.3 Å². The van der Waals surface area contributed by atoms with Gasteiger partial charge in [0.25, 0.3) is 5.56 Å². The number of aryl methyl sites for hydroxylation is 1. The lowest BCUT2D eigenvalue weighted by atomic mass is 9.81. The molecule has 5 nitrogen and oxygen atoms in total. The minimum absolute atomic E-state index is 0.0363. The summed E-state index contributed by atoms with van der Waals surface area (Å²) in [7, 11) is 1.63. The van der Waals surface area contributed by atoms with Gasteiger partial charge in [-0.1, -0.05) is 49.7 Å². The zero-order chi connectivity index (χ0) is 24.4. The first-order valence-corrected chi connectivity index (χ1v) is 12.9. The van der Waals surface area contributed by atoms with Gasteiger partial charge < -0.3 is 9.72 Å². The van der Waals surface area contributed by atoms with Crippen LogP contribution in [0, 0.1) is 0 Å². The molecular formula is C29H28N2O3S. The summed E-state index contributed by atoms with van der Waals surface area (Å²) < 4.78 is 5.23. The van der Waals surface area contributed by atoms with Crippen LogP contribution in [-0.4, -0.2) is 22.9 Å². The number of rotatable bonds is 7. The molecule has 0 aliphatic heterocycles. The molecule has 178 valence electrons. The van der Waals surface area contributed by atoms with Crippen molar-refractivity contribution in [1.29, 1.82) is 0 Å². The number of aromatic nitrogens is 2. The van der Waals surface area contributed by atoms with Gasteiger partial charge >= 0.3 is 0 Å². The molecule has 1 N–H and O–H groups in total. The second kappa shape index (κ2) is 10.0. The van der Waals surface area contributed by atoms with Crippen molar-refractivity contribution in [2.75, 3.05) is 7.11 Å². The highest BCUT2D eigenvalue weighted by Gasteiger charge is 2.28. The molecule has 4 aromatic rings. The third kappa shape index (κ3) is 4.84. The maximum Gasteiger partial charge on any atom is 0.258 e. The molecule has 2 aromatic carbocycles. The van der Waals surface area contributed by atoms with E-state index in [9.17, 15) is 9.59 Å². The molecule has 1 aliphatic rings. The fraction of sp³-hybridized carbons (Fsp3) is 0.276. The number of thiazole rings is 1. The molecule has 1 aliphatic carbocycles. The molecule has 6 heteroatoms. The SMILES string of the molecule is CCCCc1ccc(-c2csc(-c3cc4c([nH]c3=O)CC(c3ccc(OC)cc3)CC4=O)n2)cc1. The number of Topliss-reactive ketones (excluding diaryl/α,β-unsaturated/α-hetero) is 1. The second-order valence-electron chi connectivity index (χ2n) is 9.04. The first-order chi connectivity index (χ1) is 17.1. The predicted octanol–water partition coefficient (Wildman–Crippen LogP) is 6.43. The smallest absolute Gasteiger partial charge is 0.258 e.